The molecule has 1 aliphatic carbocycles. The minimum absolute atomic E-state index is 0.0579. The molecule has 0 radical (unpaired) electrons. The Labute approximate surface area is 150 Å². The summed E-state index contributed by atoms with van der Waals surface area (Å²) in [4.78, 5) is 12.8. The summed E-state index contributed by atoms with van der Waals surface area (Å²) in [5.41, 5.74) is 5.44. The highest BCUT2D eigenvalue weighted by Gasteiger charge is 2.31. The second-order valence-electron chi connectivity index (χ2n) is 6.76. The number of nitrogens with zero attached hydrogens (tertiary/aromatic N) is 2. The number of hydrogen-bond acceptors (Lipinski definition) is 2. The average Bonchev–Trinajstić information content (AvgIpc) is 2.96. The van der Waals surface area contributed by atoms with Gasteiger partial charge in [0, 0.05) is 12.7 Å². The van der Waals surface area contributed by atoms with Crippen LogP contribution in [0.4, 0.5) is 5.69 Å². The highest BCUT2D eigenvalue weighted by Crippen LogP contribution is 2.41. The summed E-state index contributed by atoms with van der Waals surface area (Å²) in [5, 5.41) is 7.51. The standard InChI is InChI=1S/C18H22IN3O/c1-5-14-15(16(19)21-22(14)4)17(23)20-13-8-6-7-12-11(13)9-10-18(12,2)3/h6-8H,5,9-10H2,1-4H3,(H,20,23). The third kappa shape index (κ3) is 2.79. The molecule has 2 aromatic rings. The number of nitrogens with one attached hydrogen (secondary N) is 1. The molecule has 4 nitrogen and oxygen atoms in total. The number of anilines is 1. The summed E-state index contributed by atoms with van der Waals surface area (Å²) in [5.74, 6) is -0.0579. The zero-order valence-corrected chi connectivity index (χ0v) is 16.2. The Bertz CT molecular complexity index is 777. The molecule has 5 heteroatoms. The number of benzene rings is 1. The zero-order valence-electron chi connectivity index (χ0n) is 14.0. The molecule has 0 aliphatic heterocycles. The van der Waals surface area contributed by atoms with Crippen molar-refractivity contribution in [3.63, 3.8) is 0 Å². The predicted molar refractivity (Wildman–Crippen MR) is 101 cm³/mol. The van der Waals surface area contributed by atoms with Gasteiger partial charge in [-0.25, -0.2) is 0 Å². The molecule has 1 N–H and O–H groups in total. The van der Waals surface area contributed by atoms with E-state index in [1.165, 1.54) is 11.1 Å². The van der Waals surface area contributed by atoms with E-state index < -0.39 is 0 Å². The largest absolute Gasteiger partial charge is 0.322 e. The molecule has 0 saturated heterocycles. The van der Waals surface area contributed by atoms with E-state index in [0.717, 1.165) is 34.3 Å². The van der Waals surface area contributed by atoms with Crippen LogP contribution >= 0.6 is 22.6 Å². The molecule has 1 aromatic carbocycles. The van der Waals surface area contributed by atoms with Gasteiger partial charge in [-0.3, -0.25) is 9.48 Å². The fourth-order valence-corrected chi connectivity index (χ4v) is 4.40. The van der Waals surface area contributed by atoms with Gasteiger partial charge in [0.2, 0.25) is 0 Å². The minimum atomic E-state index is -0.0579. The maximum absolute atomic E-state index is 12.8. The fraction of sp³-hybridized carbons (Fsp3) is 0.444. The van der Waals surface area contributed by atoms with Gasteiger partial charge in [-0.05, 0) is 64.5 Å². The lowest BCUT2D eigenvalue weighted by atomic mass is 9.86. The van der Waals surface area contributed by atoms with Crippen molar-refractivity contribution in [1.82, 2.24) is 9.78 Å². The average molecular weight is 423 g/mol. The molecule has 122 valence electrons. The Morgan fingerprint density at radius 1 is 1.43 bits per heavy atom. The molecule has 0 fully saturated rings. The van der Waals surface area contributed by atoms with Crippen molar-refractivity contribution < 1.29 is 4.79 Å². The van der Waals surface area contributed by atoms with E-state index in [-0.39, 0.29) is 11.3 Å². The molecule has 0 atom stereocenters. The van der Waals surface area contributed by atoms with Crippen LogP contribution in [0.3, 0.4) is 0 Å². The topological polar surface area (TPSA) is 46.9 Å². The molecule has 3 rings (SSSR count). The summed E-state index contributed by atoms with van der Waals surface area (Å²) in [6, 6.07) is 6.23. The Morgan fingerprint density at radius 2 is 2.17 bits per heavy atom. The van der Waals surface area contributed by atoms with Gasteiger partial charge in [0.1, 0.15) is 3.70 Å². The van der Waals surface area contributed by atoms with Crippen LogP contribution in [0, 0.1) is 3.70 Å². The SMILES string of the molecule is CCc1c(C(=O)Nc2cccc3c2CCC3(C)C)c(I)nn1C. The lowest BCUT2D eigenvalue weighted by Crippen LogP contribution is -2.17. The first-order valence-electron chi connectivity index (χ1n) is 8.00. The highest BCUT2D eigenvalue weighted by atomic mass is 127. The maximum Gasteiger partial charge on any atom is 0.260 e. The number of carbonyl (C=O) groups excluding carboxylic acids is 1. The first-order valence-corrected chi connectivity index (χ1v) is 9.08. The molecule has 1 aromatic heterocycles. The van der Waals surface area contributed by atoms with Crippen molar-refractivity contribution in [3.05, 3.63) is 44.3 Å². The van der Waals surface area contributed by atoms with E-state index in [2.05, 4.69) is 52.9 Å². The molecule has 23 heavy (non-hydrogen) atoms. The monoisotopic (exact) mass is 423 g/mol. The maximum atomic E-state index is 12.8. The Kier molecular flexibility index (Phi) is 4.25. The molecule has 0 saturated carbocycles. The van der Waals surface area contributed by atoms with Crippen LogP contribution in [0.1, 0.15) is 54.4 Å². The van der Waals surface area contributed by atoms with Crippen LogP contribution in [0.2, 0.25) is 0 Å². The number of fused-ring (bicyclic) bond motifs is 1. The first kappa shape index (κ1) is 16.5. The second-order valence-corrected chi connectivity index (χ2v) is 7.78. The van der Waals surface area contributed by atoms with Crippen molar-refractivity contribution in [2.24, 2.45) is 7.05 Å². The molecular formula is C18H22IN3O. The first-order chi connectivity index (χ1) is 10.8. The van der Waals surface area contributed by atoms with Crippen LogP contribution < -0.4 is 5.32 Å². The van der Waals surface area contributed by atoms with Gasteiger partial charge >= 0.3 is 0 Å². The molecular weight excluding hydrogens is 401 g/mol. The molecule has 0 bridgehead atoms. The smallest absolute Gasteiger partial charge is 0.260 e. The number of hydrogen-bond donors (Lipinski definition) is 1. The van der Waals surface area contributed by atoms with E-state index in [1.807, 2.05) is 26.1 Å². The van der Waals surface area contributed by atoms with Crippen molar-refractivity contribution >= 4 is 34.2 Å². The highest BCUT2D eigenvalue weighted by molar-refractivity contribution is 14.1. The van der Waals surface area contributed by atoms with Crippen LogP contribution in [0.5, 0.6) is 0 Å². The summed E-state index contributed by atoms with van der Waals surface area (Å²) >= 11 is 2.14. The fourth-order valence-electron chi connectivity index (χ4n) is 3.52. The van der Waals surface area contributed by atoms with Gasteiger partial charge in [0.25, 0.3) is 5.91 Å². The summed E-state index contributed by atoms with van der Waals surface area (Å²) < 4.78 is 2.56. The number of carbonyl (C=O) groups is 1. The van der Waals surface area contributed by atoms with Gasteiger partial charge in [-0.15, -0.1) is 0 Å². The lowest BCUT2D eigenvalue weighted by molar-refractivity contribution is 0.102. The summed E-state index contributed by atoms with van der Waals surface area (Å²) in [7, 11) is 1.89. The molecule has 0 spiro atoms. The van der Waals surface area contributed by atoms with E-state index >= 15 is 0 Å². The van der Waals surface area contributed by atoms with Crippen LogP contribution in [-0.2, 0) is 25.3 Å². The van der Waals surface area contributed by atoms with E-state index in [9.17, 15) is 4.79 Å². The minimum Gasteiger partial charge on any atom is -0.322 e. The third-order valence-corrected chi connectivity index (χ3v) is 5.59. The van der Waals surface area contributed by atoms with Crippen LogP contribution in [-0.4, -0.2) is 15.7 Å². The van der Waals surface area contributed by atoms with Gasteiger partial charge in [-0.2, -0.15) is 5.10 Å². The lowest BCUT2D eigenvalue weighted by Gasteiger charge is -2.19. The Hall–Kier alpha value is -1.37. The molecule has 1 amide bonds. The normalized spacial score (nSPS) is 15.5. The second kappa shape index (κ2) is 5.92. The predicted octanol–water partition coefficient (Wildman–Crippen LogP) is 4.06. The van der Waals surface area contributed by atoms with Gasteiger partial charge in [0.05, 0.1) is 11.3 Å². The molecule has 1 aliphatic rings. The number of rotatable bonds is 3. The van der Waals surface area contributed by atoms with Gasteiger partial charge in [0.15, 0.2) is 0 Å². The number of amides is 1. The molecule has 1 heterocycles. The quantitative estimate of drug-likeness (QED) is 0.757. The van der Waals surface area contributed by atoms with E-state index in [0.29, 0.717) is 5.56 Å². The zero-order chi connectivity index (χ0) is 16.8. The van der Waals surface area contributed by atoms with Crippen molar-refractivity contribution in [3.8, 4) is 0 Å². The van der Waals surface area contributed by atoms with Gasteiger partial charge < -0.3 is 5.32 Å². The van der Waals surface area contributed by atoms with Crippen molar-refractivity contribution in [2.75, 3.05) is 5.32 Å². The molecule has 0 unspecified atom stereocenters. The Balaban J connectivity index is 1.96. The number of aromatic nitrogens is 2. The Morgan fingerprint density at radius 3 is 2.87 bits per heavy atom. The summed E-state index contributed by atoms with van der Waals surface area (Å²) in [6.07, 6.45) is 2.93. The van der Waals surface area contributed by atoms with Crippen molar-refractivity contribution in [2.45, 2.75) is 45.4 Å². The number of aryl methyl sites for hydroxylation is 1. The van der Waals surface area contributed by atoms with Crippen molar-refractivity contribution in [1.29, 1.82) is 0 Å². The van der Waals surface area contributed by atoms with Crippen LogP contribution in [0.25, 0.3) is 0 Å². The van der Waals surface area contributed by atoms with E-state index in [1.54, 1.807) is 4.68 Å². The number of halogens is 1. The van der Waals surface area contributed by atoms with E-state index in [4.69, 9.17) is 0 Å². The van der Waals surface area contributed by atoms with Crippen LogP contribution in [0.15, 0.2) is 18.2 Å². The van der Waals surface area contributed by atoms with Gasteiger partial charge in [-0.1, -0.05) is 32.9 Å². The third-order valence-electron chi connectivity index (χ3n) is 4.84. The summed E-state index contributed by atoms with van der Waals surface area (Å²) in [6.45, 7) is 6.58.